The maximum Gasteiger partial charge on any atom is 0.128 e. The molecule has 82 valence electrons. The highest BCUT2D eigenvalue weighted by atomic mass is 19.1. The highest BCUT2D eigenvalue weighted by Gasteiger charge is 2.08. The van der Waals surface area contributed by atoms with Crippen LogP contribution in [0.1, 0.15) is 0 Å². The quantitative estimate of drug-likeness (QED) is 0.842. The molecule has 16 heavy (non-hydrogen) atoms. The largest absolute Gasteiger partial charge is 0.496 e. The van der Waals surface area contributed by atoms with E-state index in [2.05, 4.69) is 4.98 Å². The van der Waals surface area contributed by atoms with Crippen molar-refractivity contribution in [3.05, 3.63) is 42.2 Å². The summed E-state index contributed by atoms with van der Waals surface area (Å²) in [6.45, 7) is 0. The molecule has 3 nitrogen and oxygen atoms in total. The minimum absolute atomic E-state index is 0.333. The molecule has 0 atom stereocenters. The van der Waals surface area contributed by atoms with Crippen molar-refractivity contribution in [1.82, 2.24) is 4.98 Å². The highest BCUT2D eigenvalue weighted by Crippen LogP contribution is 2.29. The number of nitrogens with two attached hydrogens (primary N) is 1. The van der Waals surface area contributed by atoms with Crippen molar-refractivity contribution < 1.29 is 9.13 Å². The number of hydrogen-bond donors (Lipinski definition) is 1. The van der Waals surface area contributed by atoms with Gasteiger partial charge in [0.1, 0.15) is 17.4 Å². The fourth-order valence-corrected chi connectivity index (χ4v) is 1.48. The molecule has 0 unspecified atom stereocenters. The Kier molecular flexibility index (Phi) is 2.72. The van der Waals surface area contributed by atoms with Crippen LogP contribution < -0.4 is 10.5 Å². The predicted octanol–water partition coefficient (Wildman–Crippen LogP) is 2.48. The van der Waals surface area contributed by atoms with Gasteiger partial charge in [0, 0.05) is 5.56 Å². The minimum Gasteiger partial charge on any atom is -0.496 e. The van der Waals surface area contributed by atoms with Gasteiger partial charge < -0.3 is 10.5 Å². The first-order chi connectivity index (χ1) is 7.70. The molecule has 0 saturated carbocycles. The Morgan fingerprint density at radius 2 is 2.06 bits per heavy atom. The van der Waals surface area contributed by atoms with Gasteiger partial charge in [-0.25, -0.2) is 9.37 Å². The topological polar surface area (TPSA) is 48.1 Å². The molecule has 4 heteroatoms. The number of nitrogen functional groups attached to an aromatic ring is 1. The maximum atomic E-state index is 13.2. The van der Waals surface area contributed by atoms with Gasteiger partial charge in [0.05, 0.1) is 12.8 Å². The lowest BCUT2D eigenvalue weighted by molar-refractivity contribution is 0.415. The lowest BCUT2D eigenvalue weighted by atomic mass is 10.1. The molecule has 0 amide bonds. The Balaban J connectivity index is 2.58. The smallest absolute Gasteiger partial charge is 0.128 e. The average molecular weight is 218 g/mol. The molecule has 0 spiro atoms. The first kappa shape index (κ1) is 10.4. The summed E-state index contributed by atoms with van der Waals surface area (Å²) in [6, 6.07) is 9.48. The predicted molar refractivity (Wildman–Crippen MR) is 60.6 cm³/mol. The van der Waals surface area contributed by atoms with Crippen LogP contribution in [0.15, 0.2) is 36.4 Å². The van der Waals surface area contributed by atoms with Crippen LogP contribution in [0.3, 0.4) is 0 Å². The summed E-state index contributed by atoms with van der Waals surface area (Å²) >= 11 is 0. The zero-order valence-electron chi connectivity index (χ0n) is 8.77. The fourth-order valence-electron chi connectivity index (χ4n) is 1.48. The SMILES string of the molecule is COc1ccc(F)cc1-c1cccc(N)n1. The summed E-state index contributed by atoms with van der Waals surface area (Å²) in [4.78, 5) is 4.12. The number of hydrogen-bond acceptors (Lipinski definition) is 3. The van der Waals surface area contributed by atoms with Crippen molar-refractivity contribution in [2.24, 2.45) is 0 Å². The second-order valence-corrected chi connectivity index (χ2v) is 3.29. The van der Waals surface area contributed by atoms with Crippen LogP contribution in [0, 0.1) is 5.82 Å². The Bertz CT molecular complexity index is 514. The number of rotatable bonds is 2. The molecule has 0 saturated heterocycles. The van der Waals surface area contributed by atoms with Gasteiger partial charge in [-0.1, -0.05) is 6.07 Å². The molecule has 1 aromatic carbocycles. The van der Waals surface area contributed by atoms with E-state index in [1.54, 1.807) is 24.3 Å². The lowest BCUT2D eigenvalue weighted by Gasteiger charge is -2.08. The Morgan fingerprint density at radius 1 is 1.25 bits per heavy atom. The number of nitrogens with zero attached hydrogens (tertiary/aromatic N) is 1. The third-order valence-electron chi connectivity index (χ3n) is 2.21. The van der Waals surface area contributed by atoms with Crippen LogP contribution in [-0.2, 0) is 0 Å². The van der Waals surface area contributed by atoms with E-state index in [-0.39, 0.29) is 5.82 Å². The van der Waals surface area contributed by atoms with Gasteiger partial charge in [-0.2, -0.15) is 0 Å². The molecule has 0 aliphatic rings. The van der Waals surface area contributed by atoms with Crippen molar-refractivity contribution >= 4 is 5.82 Å². The van der Waals surface area contributed by atoms with E-state index in [0.29, 0.717) is 22.8 Å². The van der Waals surface area contributed by atoms with Crippen LogP contribution in [0.25, 0.3) is 11.3 Å². The van der Waals surface area contributed by atoms with Crippen molar-refractivity contribution in [2.45, 2.75) is 0 Å². The normalized spacial score (nSPS) is 10.1. The molecule has 2 N–H and O–H groups in total. The molecular formula is C12H11FN2O. The third-order valence-corrected chi connectivity index (χ3v) is 2.21. The van der Waals surface area contributed by atoms with Crippen LogP contribution in [0.4, 0.5) is 10.2 Å². The number of pyridine rings is 1. The lowest BCUT2D eigenvalue weighted by Crippen LogP contribution is -1.94. The highest BCUT2D eigenvalue weighted by molar-refractivity contribution is 5.68. The van der Waals surface area contributed by atoms with Gasteiger partial charge in [0.2, 0.25) is 0 Å². The van der Waals surface area contributed by atoms with E-state index in [1.165, 1.54) is 19.2 Å². The van der Waals surface area contributed by atoms with E-state index >= 15 is 0 Å². The van der Waals surface area contributed by atoms with Crippen LogP contribution in [-0.4, -0.2) is 12.1 Å². The van der Waals surface area contributed by atoms with E-state index in [0.717, 1.165) is 0 Å². The summed E-state index contributed by atoms with van der Waals surface area (Å²) in [5.41, 5.74) is 6.77. The van der Waals surface area contributed by atoms with E-state index in [1.807, 2.05) is 0 Å². The molecule has 2 aromatic rings. The number of aromatic nitrogens is 1. The fraction of sp³-hybridized carbons (Fsp3) is 0.0833. The Labute approximate surface area is 92.7 Å². The molecule has 0 aliphatic carbocycles. The molecule has 0 fully saturated rings. The minimum atomic E-state index is -0.333. The maximum absolute atomic E-state index is 13.2. The van der Waals surface area contributed by atoms with Crippen molar-refractivity contribution in [1.29, 1.82) is 0 Å². The van der Waals surface area contributed by atoms with Crippen LogP contribution in [0.5, 0.6) is 5.75 Å². The van der Waals surface area contributed by atoms with E-state index < -0.39 is 0 Å². The second kappa shape index (κ2) is 4.18. The van der Waals surface area contributed by atoms with Gasteiger partial charge in [-0.05, 0) is 30.3 Å². The number of benzene rings is 1. The molecule has 0 bridgehead atoms. The standard InChI is InChI=1S/C12H11FN2O/c1-16-11-6-5-8(13)7-9(11)10-3-2-4-12(14)15-10/h2-7H,1H3,(H2,14,15). The first-order valence-corrected chi connectivity index (χ1v) is 4.77. The Morgan fingerprint density at radius 3 is 2.75 bits per heavy atom. The monoisotopic (exact) mass is 218 g/mol. The molecule has 1 aromatic heterocycles. The van der Waals surface area contributed by atoms with Crippen LogP contribution >= 0.6 is 0 Å². The summed E-state index contributed by atoms with van der Waals surface area (Å²) < 4.78 is 18.3. The third kappa shape index (κ3) is 1.95. The zero-order chi connectivity index (χ0) is 11.5. The van der Waals surface area contributed by atoms with E-state index in [4.69, 9.17) is 10.5 Å². The second-order valence-electron chi connectivity index (χ2n) is 3.29. The molecular weight excluding hydrogens is 207 g/mol. The summed E-state index contributed by atoms with van der Waals surface area (Å²) in [6.07, 6.45) is 0. The van der Waals surface area contributed by atoms with Gasteiger partial charge in [-0.15, -0.1) is 0 Å². The van der Waals surface area contributed by atoms with Gasteiger partial charge in [-0.3, -0.25) is 0 Å². The number of ether oxygens (including phenoxy) is 1. The van der Waals surface area contributed by atoms with E-state index in [9.17, 15) is 4.39 Å². The summed E-state index contributed by atoms with van der Waals surface area (Å²) in [5.74, 6) is 0.628. The molecule has 0 aliphatic heterocycles. The summed E-state index contributed by atoms with van der Waals surface area (Å²) in [5, 5.41) is 0. The van der Waals surface area contributed by atoms with Gasteiger partial charge in [0.25, 0.3) is 0 Å². The molecule has 2 rings (SSSR count). The Hall–Kier alpha value is -2.10. The van der Waals surface area contributed by atoms with Crippen molar-refractivity contribution in [2.75, 3.05) is 12.8 Å². The van der Waals surface area contributed by atoms with Crippen LogP contribution in [0.2, 0.25) is 0 Å². The zero-order valence-corrected chi connectivity index (χ0v) is 8.77. The average Bonchev–Trinajstić information content (AvgIpc) is 2.29. The number of halogens is 1. The molecule has 0 radical (unpaired) electrons. The summed E-state index contributed by atoms with van der Waals surface area (Å²) in [7, 11) is 1.53. The van der Waals surface area contributed by atoms with Gasteiger partial charge in [0.15, 0.2) is 0 Å². The number of anilines is 1. The van der Waals surface area contributed by atoms with Crippen molar-refractivity contribution in [3.63, 3.8) is 0 Å². The molecule has 1 heterocycles. The first-order valence-electron chi connectivity index (χ1n) is 4.77. The van der Waals surface area contributed by atoms with Gasteiger partial charge >= 0.3 is 0 Å². The number of methoxy groups -OCH3 is 1. The van der Waals surface area contributed by atoms with Crippen molar-refractivity contribution in [3.8, 4) is 17.0 Å².